The first kappa shape index (κ1) is 15.6. The zero-order valence-corrected chi connectivity index (χ0v) is 13.7. The van der Waals surface area contributed by atoms with Gasteiger partial charge in [-0.1, -0.05) is 78.9 Å². The third-order valence-electron chi connectivity index (χ3n) is 4.03. The third kappa shape index (κ3) is 3.38. The number of rotatable bonds is 5. The number of phenols is 1. The number of hydrogen-bond donors (Lipinski definition) is 1. The Labute approximate surface area is 136 Å². The van der Waals surface area contributed by atoms with Crippen molar-refractivity contribution >= 4 is 17.8 Å². The molecule has 0 aromatic heterocycles. The minimum Gasteiger partial charge on any atom is -0.508 e. The summed E-state index contributed by atoms with van der Waals surface area (Å²) >= 11 is 0. The van der Waals surface area contributed by atoms with E-state index in [1.54, 1.807) is 12.1 Å². The summed E-state index contributed by atoms with van der Waals surface area (Å²) in [6.45, 7) is 0. The van der Waals surface area contributed by atoms with E-state index in [-0.39, 0.29) is 5.75 Å². The maximum Gasteiger partial charge on any atom is 0.143 e. The molecule has 0 heterocycles. The van der Waals surface area contributed by atoms with E-state index >= 15 is 0 Å². The predicted octanol–water partition coefficient (Wildman–Crippen LogP) is 3.95. The van der Waals surface area contributed by atoms with Gasteiger partial charge in [-0.15, -0.1) is 0 Å². The lowest BCUT2D eigenvalue weighted by atomic mass is 10.1. The van der Waals surface area contributed by atoms with Crippen molar-refractivity contribution in [3.63, 3.8) is 0 Å². The topological polar surface area (TPSA) is 37.3 Å². The normalized spacial score (nSPS) is 11.3. The van der Waals surface area contributed by atoms with E-state index in [0.29, 0.717) is 12.6 Å². The fraction of sp³-hybridized carbons (Fsp3) is 0.100. The van der Waals surface area contributed by atoms with Crippen LogP contribution >= 0.6 is 7.14 Å². The lowest BCUT2D eigenvalue weighted by Crippen LogP contribution is -2.19. The molecule has 3 heteroatoms. The minimum atomic E-state index is -2.72. The van der Waals surface area contributed by atoms with E-state index in [1.165, 1.54) is 0 Å². The lowest BCUT2D eigenvalue weighted by Gasteiger charge is -2.19. The zero-order chi connectivity index (χ0) is 16.1. The molecule has 116 valence electrons. The number of benzene rings is 3. The van der Waals surface area contributed by atoms with Crippen molar-refractivity contribution in [2.45, 2.75) is 6.42 Å². The largest absolute Gasteiger partial charge is 0.508 e. The Balaban J connectivity index is 1.97. The highest BCUT2D eigenvalue weighted by Gasteiger charge is 2.26. The van der Waals surface area contributed by atoms with Crippen molar-refractivity contribution in [2.24, 2.45) is 0 Å². The predicted molar refractivity (Wildman–Crippen MR) is 96.4 cm³/mol. The van der Waals surface area contributed by atoms with E-state index < -0.39 is 7.14 Å². The minimum absolute atomic E-state index is 0.264. The number of aryl methyl sites for hydroxylation is 1. The Bertz CT molecular complexity index is 770. The first-order valence-electron chi connectivity index (χ1n) is 7.67. The van der Waals surface area contributed by atoms with Crippen LogP contribution in [0.15, 0.2) is 84.9 Å². The van der Waals surface area contributed by atoms with Crippen LogP contribution in [0.5, 0.6) is 5.75 Å². The summed E-state index contributed by atoms with van der Waals surface area (Å²) in [5, 5.41) is 11.7. The molecule has 0 saturated heterocycles. The van der Waals surface area contributed by atoms with Gasteiger partial charge in [0.25, 0.3) is 0 Å². The van der Waals surface area contributed by atoms with Gasteiger partial charge in [0.1, 0.15) is 12.9 Å². The van der Waals surface area contributed by atoms with Gasteiger partial charge in [0, 0.05) is 16.8 Å². The van der Waals surface area contributed by atoms with Gasteiger partial charge < -0.3 is 9.67 Å². The first-order valence-corrected chi connectivity index (χ1v) is 9.56. The molecule has 3 rings (SSSR count). The van der Waals surface area contributed by atoms with Crippen LogP contribution in [0, 0.1) is 0 Å². The summed E-state index contributed by atoms with van der Waals surface area (Å²) in [5.41, 5.74) is 0.833. The third-order valence-corrected chi connectivity index (χ3v) is 7.15. The van der Waals surface area contributed by atoms with Gasteiger partial charge in [0.15, 0.2) is 0 Å². The smallest absolute Gasteiger partial charge is 0.143 e. The van der Waals surface area contributed by atoms with E-state index in [9.17, 15) is 9.67 Å². The van der Waals surface area contributed by atoms with Gasteiger partial charge in [-0.05, 0) is 18.1 Å². The van der Waals surface area contributed by atoms with Crippen LogP contribution < -0.4 is 10.6 Å². The van der Waals surface area contributed by atoms with Crippen LogP contribution in [0.1, 0.15) is 5.56 Å². The molecule has 2 nitrogen and oxygen atoms in total. The molecule has 0 aliphatic rings. The summed E-state index contributed by atoms with van der Waals surface area (Å²) in [4.78, 5) is 0. The molecule has 0 aliphatic carbocycles. The van der Waals surface area contributed by atoms with Gasteiger partial charge in [0.2, 0.25) is 0 Å². The maximum absolute atomic E-state index is 13.8. The number of aromatic hydroxyl groups is 1. The second-order valence-electron chi connectivity index (χ2n) is 5.51. The van der Waals surface area contributed by atoms with Crippen molar-refractivity contribution in [1.82, 2.24) is 0 Å². The molecule has 0 spiro atoms. The highest BCUT2D eigenvalue weighted by Crippen LogP contribution is 2.44. The lowest BCUT2D eigenvalue weighted by molar-refractivity contribution is 0.469. The molecule has 0 fully saturated rings. The number of phenolic OH excluding ortho intramolecular Hbond substituents is 1. The van der Waals surface area contributed by atoms with E-state index in [2.05, 4.69) is 0 Å². The Morgan fingerprint density at radius 1 is 0.696 bits per heavy atom. The fourth-order valence-electron chi connectivity index (χ4n) is 2.74. The average molecular weight is 322 g/mol. The Hall–Kier alpha value is -2.31. The van der Waals surface area contributed by atoms with Crippen LogP contribution in [-0.2, 0) is 11.0 Å². The molecule has 1 N–H and O–H groups in total. The monoisotopic (exact) mass is 322 g/mol. The summed E-state index contributed by atoms with van der Waals surface area (Å²) in [7, 11) is -2.72. The van der Waals surface area contributed by atoms with E-state index in [0.717, 1.165) is 16.2 Å². The van der Waals surface area contributed by atoms with Crippen LogP contribution in [-0.4, -0.2) is 11.3 Å². The zero-order valence-electron chi connectivity index (χ0n) is 12.8. The summed E-state index contributed by atoms with van der Waals surface area (Å²) in [6, 6.07) is 26.5. The second kappa shape index (κ2) is 6.85. The second-order valence-corrected chi connectivity index (χ2v) is 8.47. The molecule has 0 aliphatic heterocycles. The van der Waals surface area contributed by atoms with Gasteiger partial charge in [-0.2, -0.15) is 0 Å². The summed E-state index contributed by atoms with van der Waals surface area (Å²) < 4.78 is 13.8. The number of para-hydroxylation sites is 1. The molecule has 23 heavy (non-hydrogen) atoms. The van der Waals surface area contributed by atoms with Crippen molar-refractivity contribution < 1.29 is 9.67 Å². The molecule has 0 atom stereocenters. The molecule has 0 unspecified atom stereocenters. The summed E-state index contributed by atoms with van der Waals surface area (Å²) in [6.07, 6.45) is 1.08. The van der Waals surface area contributed by atoms with Crippen molar-refractivity contribution in [1.29, 1.82) is 0 Å². The van der Waals surface area contributed by atoms with Crippen LogP contribution in [0.4, 0.5) is 0 Å². The quantitative estimate of drug-likeness (QED) is 0.722. The Morgan fingerprint density at radius 3 is 1.70 bits per heavy atom. The SMILES string of the molecule is O=P(CCc1ccccc1O)(c1ccccc1)c1ccccc1. The van der Waals surface area contributed by atoms with E-state index in [1.807, 2.05) is 72.8 Å². The fourth-order valence-corrected chi connectivity index (χ4v) is 5.42. The van der Waals surface area contributed by atoms with Crippen LogP contribution in [0.2, 0.25) is 0 Å². The van der Waals surface area contributed by atoms with Crippen molar-refractivity contribution in [3.05, 3.63) is 90.5 Å². The standard InChI is InChI=1S/C20H19O2P/c21-20-14-8-7-9-17(20)15-16-23(22,18-10-3-1-4-11-18)19-12-5-2-6-13-19/h1-14,21H,15-16H2. The molecule has 3 aromatic carbocycles. The molecular weight excluding hydrogens is 303 g/mol. The van der Waals surface area contributed by atoms with Gasteiger partial charge >= 0.3 is 0 Å². The molecule has 0 bridgehead atoms. The molecular formula is C20H19O2P. The van der Waals surface area contributed by atoms with Gasteiger partial charge in [-0.25, -0.2) is 0 Å². The van der Waals surface area contributed by atoms with Crippen LogP contribution in [0.3, 0.4) is 0 Å². The average Bonchev–Trinajstić information content (AvgIpc) is 2.62. The van der Waals surface area contributed by atoms with Gasteiger partial charge in [0.05, 0.1) is 0 Å². The molecule has 0 saturated carbocycles. The maximum atomic E-state index is 13.8. The van der Waals surface area contributed by atoms with Gasteiger partial charge in [-0.3, -0.25) is 0 Å². The Kier molecular flexibility index (Phi) is 4.64. The Morgan fingerprint density at radius 2 is 1.17 bits per heavy atom. The van der Waals surface area contributed by atoms with E-state index in [4.69, 9.17) is 0 Å². The highest BCUT2D eigenvalue weighted by atomic mass is 31.2. The highest BCUT2D eigenvalue weighted by molar-refractivity contribution is 7.78. The van der Waals surface area contributed by atoms with Crippen LogP contribution in [0.25, 0.3) is 0 Å². The van der Waals surface area contributed by atoms with Crippen molar-refractivity contribution in [3.8, 4) is 5.75 Å². The first-order chi connectivity index (χ1) is 11.2. The molecule has 0 radical (unpaired) electrons. The van der Waals surface area contributed by atoms with Crippen molar-refractivity contribution in [2.75, 3.05) is 6.16 Å². The molecule has 0 amide bonds. The molecule has 3 aromatic rings. The summed E-state index contributed by atoms with van der Waals surface area (Å²) in [5.74, 6) is 0.264. The number of hydrogen-bond acceptors (Lipinski definition) is 2.